The van der Waals surface area contributed by atoms with Gasteiger partial charge in [-0.1, -0.05) is 18.2 Å². The van der Waals surface area contributed by atoms with E-state index in [-0.39, 0.29) is 54.4 Å². The van der Waals surface area contributed by atoms with Gasteiger partial charge in [0.25, 0.3) is 40.5 Å². The lowest BCUT2D eigenvalue weighted by Gasteiger charge is -2.30. The molecule has 2 unspecified atom stereocenters. The van der Waals surface area contributed by atoms with Crippen molar-refractivity contribution in [2.24, 2.45) is 5.84 Å². The highest BCUT2D eigenvalue weighted by molar-refractivity contribution is 7.86. The van der Waals surface area contributed by atoms with Crippen molar-refractivity contribution in [3.8, 4) is 0 Å². The van der Waals surface area contributed by atoms with Crippen LogP contribution in [-0.2, 0) is 60.8 Å². The molecule has 22 heteroatoms. The van der Waals surface area contributed by atoms with Crippen LogP contribution >= 0.6 is 0 Å². The molecule has 2 aromatic rings. The number of carbonyl (C=O) groups excluding carboxylic acids is 1. The molecule has 7 N–H and O–H groups in total. The van der Waals surface area contributed by atoms with E-state index in [0.717, 1.165) is 0 Å². The van der Waals surface area contributed by atoms with Gasteiger partial charge in [0.05, 0.1) is 33.3 Å². The summed E-state index contributed by atoms with van der Waals surface area (Å²) >= 11 is 0. The van der Waals surface area contributed by atoms with Gasteiger partial charge in [0.2, 0.25) is 11.6 Å². The number of allylic oxidation sites excluding steroid dienone is 6. The standard InChI is InChI=1S/C38H52N4O14S4/c1-37(19-10-24-57(44,45)46)30-26-28(59(50,51)52)15-17-32(30)41(21-9-5-8-14-36(43)40-39)34(37)12-6-4-7-13-35-38(2,20-11-25-58(47,48)49)31-27-29(60(53,54)55)16-18-33(31)42(35)22-23-56-3/h4,6-7,12-13,15-18,26-27H,5,8-11,14,19-25,39H2,1-3H3,(H4-,40,43,44,45,46,47,48,49,50,51,52,53,54,55)/p+1. The Morgan fingerprint density at radius 2 is 1.37 bits per heavy atom. The van der Waals surface area contributed by atoms with E-state index in [1.165, 1.54) is 31.4 Å². The van der Waals surface area contributed by atoms with Crippen molar-refractivity contribution in [2.45, 2.75) is 85.8 Å². The summed E-state index contributed by atoms with van der Waals surface area (Å²) in [6.07, 6.45) is 11.0. The fourth-order valence-electron chi connectivity index (χ4n) is 7.95. The minimum Gasteiger partial charge on any atom is -0.383 e. The largest absolute Gasteiger partial charge is 0.383 e. The van der Waals surface area contributed by atoms with E-state index >= 15 is 0 Å². The summed E-state index contributed by atoms with van der Waals surface area (Å²) in [6.45, 7) is 4.59. The highest BCUT2D eigenvalue weighted by Crippen LogP contribution is 2.51. The quantitative estimate of drug-likeness (QED) is 0.0186. The number of nitrogens with zero attached hydrogens (tertiary/aromatic N) is 2. The number of fused-ring (bicyclic) bond motifs is 2. The summed E-state index contributed by atoms with van der Waals surface area (Å²) in [5.41, 5.74) is 3.58. The van der Waals surface area contributed by atoms with Gasteiger partial charge < -0.3 is 9.64 Å². The van der Waals surface area contributed by atoms with Gasteiger partial charge in [-0.3, -0.25) is 28.4 Å². The van der Waals surface area contributed by atoms with E-state index in [0.29, 0.717) is 66.3 Å². The number of ether oxygens (including phenoxy) is 1. The number of unbranched alkanes of at least 4 members (excludes halogenated alkanes) is 2. The van der Waals surface area contributed by atoms with Gasteiger partial charge in [0.15, 0.2) is 5.71 Å². The van der Waals surface area contributed by atoms with E-state index in [9.17, 15) is 56.7 Å². The molecule has 0 fully saturated rings. The minimum atomic E-state index is -4.63. The maximum absolute atomic E-state index is 12.3. The van der Waals surface area contributed by atoms with Crippen molar-refractivity contribution in [3.63, 3.8) is 0 Å². The summed E-state index contributed by atoms with van der Waals surface area (Å²) in [4.78, 5) is 12.9. The normalized spacial score (nSPS) is 20.5. The molecular weight excluding hydrogens is 865 g/mol. The lowest BCUT2D eigenvalue weighted by molar-refractivity contribution is -0.438. The highest BCUT2D eigenvalue weighted by atomic mass is 32.2. The number of amides is 1. The van der Waals surface area contributed by atoms with Gasteiger partial charge in [-0.25, -0.2) is 5.84 Å². The van der Waals surface area contributed by atoms with Crippen LogP contribution in [0.15, 0.2) is 82.3 Å². The smallest absolute Gasteiger partial charge is 0.294 e. The number of nitrogens with one attached hydrogen (secondary N) is 1. The van der Waals surface area contributed by atoms with Gasteiger partial charge in [-0.05, 0) is 94.3 Å². The summed E-state index contributed by atoms with van der Waals surface area (Å²) in [5.74, 6) is 3.79. The minimum absolute atomic E-state index is 0.000473. The number of nitrogens with two attached hydrogens (primary N) is 1. The van der Waals surface area contributed by atoms with Crippen LogP contribution < -0.4 is 16.2 Å². The van der Waals surface area contributed by atoms with Crippen molar-refractivity contribution in [1.29, 1.82) is 0 Å². The van der Waals surface area contributed by atoms with Crippen LogP contribution in [0, 0.1) is 0 Å². The number of hydrogen-bond donors (Lipinski definition) is 6. The zero-order valence-electron chi connectivity index (χ0n) is 33.5. The molecule has 0 aliphatic carbocycles. The van der Waals surface area contributed by atoms with Crippen LogP contribution in [0.25, 0.3) is 0 Å². The number of hydrogen-bond acceptors (Lipinski definition) is 12. The fourth-order valence-corrected chi connectivity index (χ4v) is 9.98. The van der Waals surface area contributed by atoms with E-state index in [1.54, 1.807) is 49.4 Å². The van der Waals surface area contributed by atoms with Gasteiger partial charge in [0, 0.05) is 61.0 Å². The highest BCUT2D eigenvalue weighted by Gasteiger charge is 2.48. The Morgan fingerprint density at radius 1 is 0.783 bits per heavy atom. The first-order valence-corrected chi connectivity index (χ1v) is 25.1. The number of methoxy groups -OCH3 is 1. The molecule has 18 nitrogen and oxygen atoms in total. The molecule has 332 valence electrons. The van der Waals surface area contributed by atoms with Gasteiger partial charge in [-0.15, -0.1) is 0 Å². The third-order valence-electron chi connectivity index (χ3n) is 10.9. The SMILES string of the molecule is COCCN1/C(=C/C=C/C=C/C2=[N+](CCCCCC(=O)NN)c3ccc(S(=O)(=O)O)cc3C2(C)CCCS(=O)(=O)O)C(C)(CCCS(=O)(=O)O)c2cc(S(=O)(=O)O)ccc21. The zero-order chi connectivity index (χ0) is 44.7. The molecule has 0 radical (unpaired) electrons. The molecule has 2 aliphatic heterocycles. The first-order valence-electron chi connectivity index (χ1n) is 19.0. The number of carbonyl (C=O) groups is 1. The molecular formula is C38H53N4O14S4+. The molecule has 0 spiro atoms. The molecule has 0 saturated heterocycles. The summed E-state index contributed by atoms with van der Waals surface area (Å²) < 4.78 is 142. The molecule has 0 aromatic heterocycles. The summed E-state index contributed by atoms with van der Waals surface area (Å²) in [5, 5.41) is 0. The van der Waals surface area contributed by atoms with Crippen molar-refractivity contribution >= 4 is 63.5 Å². The number of hydrazine groups is 1. The Balaban J connectivity index is 1.82. The Hall–Kier alpha value is -3.84. The molecule has 0 bridgehead atoms. The number of anilines is 1. The van der Waals surface area contributed by atoms with Crippen molar-refractivity contribution in [3.05, 3.63) is 83.6 Å². The Bertz CT molecular complexity index is 2520. The Kier molecular flexibility index (Phi) is 15.8. The monoisotopic (exact) mass is 917 g/mol. The predicted molar refractivity (Wildman–Crippen MR) is 225 cm³/mol. The molecule has 2 aromatic carbocycles. The van der Waals surface area contributed by atoms with Crippen LogP contribution in [0.2, 0.25) is 0 Å². The third kappa shape index (κ3) is 12.2. The number of benzene rings is 2. The zero-order valence-corrected chi connectivity index (χ0v) is 36.8. The lowest BCUT2D eigenvalue weighted by Crippen LogP contribution is -2.32. The fraction of sp³-hybridized carbons (Fsp3) is 0.474. The topological polar surface area (TPSA) is 288 Å². The molecule has 4 rings (SSSR count). The van der Waals surface area contributed by atoms with Crippen molar-refractivity contribution in [1.82, 2.24) is 5.43 Å². The first-order chi connectivity index (χ1) is 27.9. The van der Waals surface area contributed by atoms with Gasteiger partial charge >= 0.3 is 0 Å². The van der Waals surface area contributed by atoms with Crippen LogP contribution in [0.3, 0.4) is 0 Å². The van der Waals surface area contributed by atoms with Crippen molar-refractivity contribution < 1.29 is 66.0 Å². The molecule has 2 heterocycles. The Labute approximate surface area is 351 Å². The van der Waals surface area contributed by atoms with Gasteiger partial charge in [-0.2, -0.15) is 38.2 Å². The van der Waals surface area contributed by atoms with Crippen LogP contribution in [-0.4, -0.2) is 106 Å². The predicted octanol–water partition coefficient (Wildman–Crippen LogP) is 3.84. The second kappa shape index (κ2) is 19.5. The van der Waals surface area contributed by atoms with Gasteiger partial charge in [0.1, 0.15) is 6.54 Å². The van der Waals surface area contributed by atoms with Crippen LogP contribution in [0.1, 0.15) is 76.3 Å². The second-order valence-corrected chi connectivity index (χ2v) is 21.1. The van der Waals surface area contributed by atoms with E-state index < -0.39 is 62.8 Å². The van der Waals surface area contributed by atoms with Crippen LogP contribution in [0.4, 0.5) is 11.4 Å². The lowest BCUT2D eigenvalue weighted by atomic mass is 9.76. The van der Waals surface area contributed by atoms with Crippen molar-refractivity contribution in [2.75, 3.05) is 43.2 Å². The summed E-state index contributed by atoms with van der Waals surface area (Å²) in [7, 11) is -16.4. The Morgan fingerprint density at radius 3 is 1.93 bits per heavy atom. The molecule has 0 saturated carbocycles. The average Bonchev–Trinajstić information content (AvgIpc) is 3.51. The molecule has 60 heavy (non-hydrogen) atoms. The average molecular weight is 918 g/mol. The van der Waals surface area contributed by atoms with E-state index in [4.69, 9.17) is 10.6 Å². The maximum atomic E-state index is 12.3. The third-order valence-corrected chi connectivity index (χ3v) is 14.2. The second-order valence-electron chi connectivity index (χ2n) is 15.1. The van der Waals surface area contributed by atoms with Crippen LogP contribution in [0.5, 0.6) is 0 Å². The van der Waals surface area contributed by atoms with E-state index in [1.807, 2.05) is 16.4 Å². The molecule has 2 aliphatic rings. The van der Waals surface area contributed by atoms with E-state index in [2.05, 4.69) is 5.43 Å². The number of rotatable bonds is 22. The maximum Gasteiger partial charge on any atom is 0.294 e. The first kappa shape index (κ1) is 48.8. The molecule has 1 amide bonds. The summed E-state index contributed by atoms with van der Waals surface area (Å²) in [6, 6.07) is 8.33. The molecule has 2 atom stereocenters.